The Balaban J connectivity index is 3.99. The summed E-state index contributed by atoms with van der Waals surface area (Å²) in [5, 5.41) is 5.07. The monoisotopic (exact) mass is 316 g/mol. The highest BCUT2D eigenvalue weighted by Crippen LogP contribution is 2.08. The predicted octanol–water partition coefficient (Wildman–Crippen LogP) is 2.38. The van der Waals surface area contributed by atoms with Gasteiger partial charge in [-0.05, 0) is 54.4 Å². The fourth-order valence-corrected chi connectivity index (χ4v) is 1.46. The first-order valence-corrected chi connectivity index (χ1v) is 7.34. The molecular formula is C15H28N2O5. The Morgan fingerprint density at radius 2 is 1.50 bits per heavy atom. The highest BCUT2D eigenvalue weighted by atomic mass is 16.6. The number of carbonyl (C=O) groups is 3. The van der Waals surface area contributed by atoms with Gasteiger partial charge in [-0.1, -0.05) is 0 Å². The first kappa shape index (κ1) is 20.2. The van der Waals surface area contributed by atoms with Crippen molar-refractivity contribution in [2.24, 2.45) is 0 Å². The fraction of sp³-hybridized carbons (Fsp3) is 0.800. The first-order valence-electron chi connectivity index (χ1n) is 7.34. The van der Waals surface area contributed by atoms with Crippen molar-refractivity contribution in [1.29, 1.82) is 0 Å². The average Bonchev–Trinajstić information content (AvgIpc) is 2.28. The van der Waals surface area contributed by atoms with Gasteiger partial charge in [-0.2, -0.15) is 0 Å². The van der Waals surface area contributed by atoms with Crippen LogP contribution in [0.25, 0.3) is 0 Å². The van der Waals surface area contributed by atoms with E-state index in [4.69, 9.17) is 9.47 Å². The molecule has 0 aliphatic rings. The lowest BCUT2D eigenvalue weighted by molar-refractivity contribution is -0.109. The number of hydrogen-bond donors (Lipinski definition) is 2. The van der Waals surface area contributed by atoms with Gasteiger partial charge < -0.3 is 24.9 Å². The highest BCUT2D eigenvalue weighted by Gasteiger charge is 2.19. The van der Waals surface area contributed by atoms with E-state index >= 15 is 0 Å². The van der Waals surface area contributed by atoms with Gasteiger partial charge >= 0.3 is 12.2 Å². The maximum absolute atomic E-state index is 11.5. The van der Waals surface area contributed by atoms with Gasteiger partial charge in [0.05, 0.1) is 6.04 Å². The Bertz CT molecular complexity index is 382. The maximum Gasteiger partial charge on any atom is 0.408 e. The zero-order valence-corrected chi connectivity index (χ0v) is 14.3. The molecule has 7 nitrogen and oxygen atoms in total. The van der Waals surface area contributed by atoms with Crippen molar-refractivity contribution in [2.45, 2.75) is 71.6 Å². The minimum Gasteiger partial charge on any atom is -0.444 e. The quantitative estimate of drug-likeness (QED) is 0.579. The Labute approximate surface area is 132 Å². The lowest BCUT2D eigenvalue weighted by Crippen LogP contribution is -2.40. The van der Waals surface area contributed by atoms with Gasteiger partial charge in [0.25, 0.3) is 0 Å². The molecule has 2 amide bonds. The van der Waals surface area contributed by atoms with Crippen molar-refractivity contribution >= 4 is 18.5 Å². The molecule has 2 N–H and O–H groups in total. The summed E-state index contributed by atoms with van der Waals surface area (Å²) in [6, 6.07) is -0.643. The molecule has 0 fully saturated rings. The number of nitrogens with one attached hydrogen (secondary N) is 2. The Kier molecular flexibility index (Phi) is 7.90. The standard InChI is InChI=1S/C15H28N2O5/c1-14(2,3)21-12(19)16-9-7-8-11(10-18)17-13(20)22-15(4,5)6/h10-11H,7-9H2,1-6H3,(H,16,19)(H,17,20). The number of ether oxygens (including phenoxy) is 2. The number of alkyl carbamates (subject to hydrolysis) is 2. The molecule has 0 aromatic rings. The fourth-order valence-electron chi connectivity index (χ4n) is 1.46. The summed E-state index contributed by atoms with van der Waals surface area (Å²) < 4.78 is 10.2. The van der Waals surface area contributed by atoms with Crippen molar-refractivity contribution in [3.8, 4) is 0 Å². The van der Waals surface area contributed by atoms with Crippen LogP contribution in [0.4, 0.5) is 9.59 Å². The molecule has 0 aromatic heterocycles. The molecule has 128 valence electrons. The molecule has 1 atom stereocenters. The zero-order chi connectivity index (χ0) is 17.4. The lowest BCUT2D eigenvalue weighted by atomic mass is 10.2. The summed E-state index contributed by atoms with van der Waals surface area (Å²) in [6.45, 7) is 10.9. The van der Waals surface area contributed by atoms with Gasteiger partial charge in [0.2, 0.25) is 0 Å². The molecule has 0 spiro atoms. The smallest absolute Gasteiger partial charge is 0.408 e. The predicted molar refractivity (Wildman–Crippen MR) is 82.7 cm³/mol. The molecule has 0 aromatic carbocycles. The third-order valence-electron chi connectivity index (χ3n) is 2.23. The van der Waals surface area contributed by atoms with Crippen LogP contribution in [-0.2, 0) is 14.3 Å². The van der Waals surface area contributed by atoms with E-state index in [1.165, 1.54) is 0 Å². The van der Waals surface area contributed by atoms with Crippen molar-refractivity contribution in [3.63, 3.8) is 0 Å². The molecule has 0 bridgehead atoms. The van der Waals surface area contributed by atoms with Crippen LogP contribution >= 0.6 is 0 Å². The van der Waals surface area contributed by atoms with E-state index < -0.39 is 29.4 Å². The van der Waals surface area contributed by atoms with Crippen LogP contribution in [0.1, 0.15) is 54.4 Å². The Morgan fingerprint density at radius 3 is 1.95 bits per heavy atom. The molecule has 0 rings (SSSR count). The zero-order valence-electron chi connectivity index (χ0n) is 14.3. The number of rotatable bonds is 6. The van der Waals surface area contributed by atoms with Crippen molar-refractivity contribution in [2.75, 3.05) is 6.54 Å². The lowest BCUT2D eigenvalue weighted by Gasteiger charge is -2.22. The van der Waals surface area contributed by atoms with E-state index in [1.807, 2.05) is 0 Å². The maximum atomic E-state index is 11.5. The summed E-state index contributed by atoms with van der Waals surface area (Å²) in [4.78, 5) is 33.9. The van der Waals surface area contributed by atoms with Crippen LogP contribution in [-0.4, -0.2) is 42.3 Å². The van der Waals surface area contributed by atoms with E-state index in [0.29, 0.717) is 25.7 Å². The third kappa shape index (κ3) is 12.0. The van der Waals surface area contributed by atoms with E-state index in [9.17, 15) is 14.4 Å². The number of aldehydes is 1. The SMILES string of the molecule is CC(C)(C)OC(=O)NCCCC(C=O)NC(=O)OC(C)(C)C. The second-order valence-electron chi connectivity index (χ2n) is 6.96. The summed E-state index contributed by atoms with van der Waals surface area (Å²) >= 11 is 0. The average molecular weight is 316 g/mol. The van der Waals surface area contributed by atoms with Gasteiger partial charge in [-0.3, -0.25) is 0 Å². The van der Waals surface area contributed by atoms with Gasteiger partial charge in [-0.25, -0.2) is 9.59 Å². The highest BCUT2D eigenvalue weighted by molar-refractivity contribution is 5.73. The molecule has 7 heteroatoms. The Hall–Kier alpha value is -1.79. The van der Waals surface area contributed by atoms with Crippen LogP contribution < -0.4 is 10.6 Å². The van der Waals surface area contributed by atoms with Crippen molar-refractivity contribution in [3.05, 3.63) is 0 Å². The minimum atomic E-state index is -0.643. The summed E-state index contributed by atoms with van der Waals surface area (Å²) in [5.41, 5.74) is -1.16. The van der Waals surface area contributed by atoms with Crippen molar-refractivity contribution in [1.82, 2.24) is 10.6 Å². The molecule has 0 heterocycles. The van der Waals surface area contributed by atoms with E-state index in [-0.39, 0.29) is 0 Å². The van der Waals surface area contributed by atoms with Gasteiger partial charge in [0.15, 0.2) is 0 Å². The molecule has 1 unspecified atom stereocenters. The molecule has 0 radical (unpaired) electrons. The van der Waals surface area contributed by atoms with Crippen LogP contribution in [0.3, 0.4) is 0 Å². The molecule has 0 saturated carbocycles. The molecule has 0 saturated heterocycles. The summed E-state index contributed by atoms with van der Waals surface area (Å²) in [6.07, 6.45) is 0.439. The molecule has 0 aliphatic heterocycles. The first-order chi connectivity index (χ1) is 9.93. The largest absolute Gasteiger partial charge is 0.444 e. The summed E-state index contributed by atoms with van der Waals surface area (Å²) in [7, 11) is 0. The minimum absolute atomic E-state index is 0.356. The van der Waals surface area contributed by atoms with Gasteiger partial charge in [0.1, 0.15) is 17.5 Å². The van der Waals surface area contributed by atoms with Gasteiger partial charge in [0, 0.05) is 6.54 Å². The molecular weight excluding hydrogens is 288 g/mol. The Morgan fingerprint density at radius 1 is 1.00 bits per heavy atom. The normalized spacial score (nSPS) is 13.0. The number of amides is 2. The van der Waals surface area contributed by atoms with E-state index in [0.717, 1.165) is 0 Å². The van der Waals surface area contributed by atoms with Crippen LogP contribution in [0.5, 0.6) is 0 Å². The van der Waals surface area contributed by atoms with E-state index in [2.05, 4.69) is 10.6 Å². The second kappa shape index (κ2) is 8.60. The number of carbonyl (C=O) groups excluding carboxylic acids is 3. The number of hydrogen-bond acceptors (Lipinski definition) is 5. The topological polar surface area (TPSA) is 93.7 Å². The third-order valence-corrected chi connectivity index (χ3v) is 2.23. The van der Waals surface area contributed by atoms with Gasteiger partial charge in [-0.15, -0.1) is 0 Å². The summed E-state index contributed by atoms with van der Waals surface area (Å²) in [5.74, 6) is 0. The van der Waals surface area contributed by atoms with Crippen LogP contribution in [0.2, 0.25) is 0 Å². The van der Waals surface area contributed by atoms with Crippen molar-refractivity contribution < 1.29 is 23.9 Å². The molecule has 0 aliphatic carbocycles. The van der Waals surface area contributed by atoms with E-state index in [1.54, 1.807) is 41.5 Å². The van der Waals surface area contributed by atoms with Crippen LogP contribution in [0, 0.1) is 0 Å². The van der Waals surface area contributed by atoms with Crippen LogP contribution in [0.15, 0.2) is 0 Å². The second-order valence-corrected chi connectivity index (χ2v) is 6.96. The molecule has 22 heavy (non-hydrogen) atoms.